The Bertz CT molecular complexity index is 689. The van der Waals surface area contributed by atoms with E-state index in [1.54, 1.807) is 7.11 Å². The summed E-state index contributed by atoms with van der Waals surface area (Å²) in [4.78, 5) is 14.4. The van der Waals surface area contributed by atoms with Gasteiger partial charge < -0.3 is 14.6 Å². The quantitative estimate of drug-likeness (QED) is 0.906. The van der Waals surface area contributed by atoms with Crippen molar-refractivity contribution >= 4 is 11.7 Å². The number of aliphatic hydroxyl groups excluding tert-OH is 1. The van der Waals surface area contributed by atoms with Crippen LogP contribution in [-0.4, -0.2) is 40.9 Å². The highest BCUT2D eigenvalue weighted by Crippen LogP contribution is 2.40. The van der Waals surface area contributed by atoms with Gasteiger partial charge in [0.25, 0.3) is 0 Å². The first-order chi connectivity index (χ1) is 11.8. The van der Waals surface area contributed by atoms with Gasteiger partial charge in [-0.2, -0.15) is 0 Å². The highest BCUT2D eigenvalue weighted by atomic mass is 16.6. The van der Waals surface area contributed by atoms with Crippen molar-refractivity contribution in [1.29, 1.82) is 0 Å². The molecule has 1 amide bonds. The minimum Gasteiger partial charge on any atom is -0.496 e. The summed E-state index contributed by atoms with van der Waals surface area (Å²) in [5, 5.41) is 9.54. The molecule has 136 valence electrons. The van der Waals surface area contributed by atoms with E-state index in [0.717, 1.165) is 30.4 Å². The van der Waals surface area contributed by atoms with Crippen molar-refractivity contribution in [2.45, 2.75) is 64.3 Å². The van der Waals surface area contributed by atoms with Crippen molar-refractivity contribution in [3.63, 3.8) is 0 Å². The van der Waals surface area contributed by atoms with Gasteiger partial charge in [-0.3, -0.25) is 4.90 Å². The lowest BCUT2D eigenvalue weighted by atomic mass is 9.93. The van der Waals surface area contributed by atoms with Crippen molar-refractivity contribution in [2.75, 3.05) is 7.11 Å². The molecule has 3 rings (SSSR count). The second-order valence-electron chi connectivity index (χ2n) is 7.77. The Morgan fingerprint density at radius 3 is 2.68 bits per heavy atom. The van der Waals surface area contributed by atoms with E-state index in [1.807, 2.05) is 43.9 Å². The lowest BCUT2D eigenvalue weighted by Crippen LogP contribution is -2.45. The topological polar surface area (TPSA) is 59.0 Å². The van der Waals surface area contributed by atoms with E-state index >= 15 is 0 Å². The molecule has 0 aliphatic carbocycles. The van der Waals surface area contributed by atoms with Crippen molar-refractivity contribution in [3.05, 3.63) is 35.4 Å². The number of benzene rings is 1. The Labute approximate surface area is 149 Å². The first-order valence-corrected chi connectivity index (χ1v) is 8.82. The standard InChI is InChI=1S/C20H27NO4/c1-20(2,3)25-19(23)21-16-6-7-17(21)11-14(10-16)13-5-8-18(24-4)15(9-13)12-22/h5,8-10,16-17,22H,6-7,11-12H2,1-4H3. The SMILES string of the molecule is COc1ccc(C2=CC3CCC(C2)N3C(=O)OC(C)(C)C)cc1CO. The monoisotopic (exact) mass is 345 g/mol. The average molecular weight is 345 g/mol. The van der Waals surface area contributed by atoms with Gasteiger partial charge in [0.05, 0.1) is 19.8 Å². The first-order valence-electron chi connectivity index (χ1n) is 8.82. The zero-order chi connectivity index (χ0) is 18.2. The maximum absolute atomic E-state index is 12.5. The number of amides is 1. The van der Waals surface area contributed by atoms with Gasteiger partial charge in [-0.1, -0.05) is 12.1 Å². The number of hydrogen-bond donors (Lipinski definition) is 1. The summed E-state index contributed by atoms with van der Waals surface area (Å²) in [5.74, 6) is 0.695. The molecule has 0 radical (unpaired) electrons. The highest BCUT2D eigenvalue weighted by Gasteiger charge is 2.41. The number of hydrogen-bond acceptors (Lipinski definition) is 4. The molecular formula is C20H27NO4. The summed E-state index contributed by atoms with van der Waals surface area (Å²) in [6, 6.07) is 6.16. The number of carbonyl (C=O) groups excluding carboxylic acids is 1. The van der Waals surface area contributed by atoms with Crippen molar-refractivity contribution in [2.24, 2.45) is 0 Å². The van der Waals surface area contributed by atoms with Crippen molar-refractivity contribution in [1.82, 2.24) is 4.90 Å². The van der Waals surface area contributed by atoms with E-state index in [2.05, 4.69) is 6.08 Å². The fourth-order valence-corrected chi connectivity index (χ4v) is 3.75. The number of carbonyl (C=O) groups is 1. The molecule has 2 unspecified atom stereocenters. The predicted octanol–water partition coefficient (Wildman–Crippen LogP) is 3.74. The Hall–Kier alpha value is -2.01. The van der Waals surface area contributed by atoms with Gasteiger partial charge in [0.2, 0.25) is 0 Å². The largest absolute Gasteiger partial charge is 0.496 e. The molecular weight excluding hydrogens is 318 g/mol. The van der Waals surface area contributed by atoms with Gasteiger partial charge in [-0.15, -0.1) is 0 Å². The fraction of sp³-hybridized carbons (Fsp3) is 0.550. The van der Waals surface area contributed by atoms with Crippen LogP contribution in [0.4, 0.5) is 4.79 Å². The van der Waals surface area contributed by atoms with Gasteiger partial charge in [-0.05, 0) is 63.3 Å². The summed E-state index contributed by atoms with van der Waals surface area (Å²) in [7, 11) is 1.60. The van der Waals surface area contributed by atoms with Crippen LogP contribution >= 0.6 is 0 Å². The fourth-order valence-electron chi connectivity index (χ4n) is 3.75. The minimum atomic E-state index is -0.480. The molecule has 1 fully saturated rings. The van der Waals surface area contributed by atoms with Crippen LogP contribution < -0.4 is 4.74 Å². The van der Waals surface area contributed by atoms with Crippen LogP contribution in [0, 0.1) is 0 Å². The average Bonchev–Trinajstić information content (AvgIpc) is 2.83. The molecule has 2 aliphatic heterocycles. The molecule has 2 bridgehead atoms. The Balaban J connectivity index is 1.83. The summed E-state index contributed by atoms with van der Waals surface area (Å²) >= 11 is 0. The molecule has 0 spiro atoms. The molecule has 2 heterocycles. The lowest BCUT2D eigenvalue weighted by Gasteiger charge is -2.35. The number of nitrogens with zero attached hydrogens (tertiary/aromatic N) is 1. The molecule has 1 aromatic carbocycles. The first kappa shape index (κ1) is 17.8. The van der Waals surface area contributed by atoms with Crippen LogP contribution in [0.15, 0.2) is 24.3 Å². The maximum atomic E-state index is 12.5. The second kappa shape index (κ2) is 6.71. The molecule has 1 saturated heterocycles. The van der Waals surface area contributed by atoms with E-state index in [1.165, 1.54) is 5.57 Å². The zero-order valence-electron chi connectivity index (χ0n) is 15.4. The molecule has 2 aliphatic rings. The molecule has 0 aromatic heterocycles. The van der Waals surface area contributed by atoms with E-state index in [9.17, 15) is 9.90 Å². The van der Waals surface area contributed by atoms with Gasteiger partial charge >= 0.3 is 6.09 Å². The Morgan fingerprint density at radius 2 is 2.08 bits per heavy atom. The third-order valence-corrected chi connectivity index (χ3v) is 4.82. The van der Waals surface area contributed by atoms with Crippen LogP contribution in [0.3, 0.4) is 0 Å². The summed E-state index contributed by atoms with van der Waals surface area (Å²) in [6.45, 7) is 5.63. The van der Waals surface area contributed by atoms with Gasteiger partial charge in [0, 0.05) is 11.6 Å². The summed E-state index contributed by atoms with van der Waals surface area (Å²) < 4.78 is 10.9. The van der Waals surface area contributed by atoms with Gasteiger partial charge in [-0.25, -0.2) is 4.79 Å². The number of fused-ring (bicyclic) bond motifs is 2. The van der Waals surface area contributed by atoms with E-state index in [-0.39, 0.29) is 24.8 Å². The van der Waals surface area contributed by atoms with Crippen molar-refractivity contribution in [3.8, 4) is 5.75 Å². The Kier molecular flexibility index (Phi) is 4.78. The van der Waals surface area contributed by atoms with Crippen LogP contribution in [0.25, 0.3) is 5.57 Å². The third kappa shape index (κ3) is 3.66. The normalized spacial score (nSPS) is 22.6. The van der Waals surface area contributed by atoms with Crippen LogP contribution in [0.2, 0.25) is 0 Å². The predicted molar refractivity (Wildman–Crippen MR) is 96.4 cm³/mol. The van der Waals surface area contributed by atoms with Gasteiger partial charge in [0.1, 0.15) is 11.4 Å². The minimum absolute atomic E-state index is 0.0544. The number of methoxy groups -OCH3 is 1. The molecule has 5 heteroatoms. The summed E-state index contributed by atoms with van der Waals surface area (Å²) in [5.41, 5.74) is 2.62. The van der Waals surface area contributed by atoms with Crippen LogP contribution in [0.1, 0.15) is 51.2 Å². The molecule has 2 atom stereocenters. The smallest absolute Gasteiger partial charge is 0.411 e. The van der Waals surface area contributed by atoms with Gasteiger partial charge in [0.15, 0.2) is 0 Å². The molecule has 0 saturated carbocycles. The second-order valence-corrected chi connectivity index (χ2v) is 7.77. The van der Waals surface area contributed by atoms with Crippen LogP contribution in [-0.2, 0) is 11.3 Å². The molecule has 25 heavy (non-hydrogen) atoms. The maximum Gasteiger partial charge on any atom is 0.411 e. The summed E-state index contributed by atoms with van der Waals surface area (Å²) in [6.07, 6.45) is 4.73. The molecule has 5 nitrogen and oxygen atoms in total. The third-order valence-electron chi connectivity index (χ3n) is 4.82. The highest BCUT2D eigenvalue weighted by molar-refractivity contribution is 5.75. The number of aliphatic hydroxyl groups is 1. The Morgan fingerprint density at radius 1 is 1.32 bits per heavy atom. The molecule has 1 aromatic rings. The number of ether oxygens (including phenoxy) is 2. The van der Waals surface area contributed by atoms with E-state index in [0.29, 0.717) is 5.75 Å². The number of rotatable bonds is 3. The van der Waals surface area contributed by atoms with Crippen LogP contribution in [0.5, 0.6) is 5.75 Å². The molecule has 1 N–H and O–H groups in total. The zero-order valence-corrected chi connectivity index (χ0v) is 15.4. The lowest BCUT2D eigenvalue weighted by molar-refractivity contribution is 0.0175. The van der Waals surface area contributed by atoms with E-state index in [4.69, 9.17) is 9.47 Å². The van der Waals surface area contributed by atoms with E-state index < -0.39 is 5.60 Å². The van der Waals surface area contributed by atoms with Crippen molar-refractivity contribution < 1.29 is 19.4 Å².